The highest BCUT2D eigenvalue weighted by Gasteiger charge is 2.21. The van der Waals surface area contributed by atoms with E-state index in [-0.39, 0.29) is 17.8 Å². The highest BCUT2D eigenvalue weighted by molar-refractivity contribution is 6.09. The molecule has 25 heavy (non-hydrogen) atoms. The number of para-hydroxylation sites is 1. The standard InChI is InChI=1S/C18H18N4O3/c1-19-17(24)14-4-2-3-5-15(14)21-16(23)12-6-8-13(9-7-12)22-11-10-20-18(22)25/h2-9H,10-11H2,1H3,(H,19,24)(H,20,25)(H,21,23). The van der Waals surface area contributed by atoms with Crippen molar-refractivity contribution in [2.24, 2.45) is 0 Å². The number of urea groups is 1. The van der Waals surface area contributed by atoms with Crippen LogP contribution in [0.3, 0.4) is 0 Å². The lowest BCUT2D eigenvalue weighted by Crippen LogP contribution is -2.27. The van der Waals surface area contributed by atoms with Gasteiger partial charge in [-0.15, -0.1) is 0 Å². The van der Waals surface area contributed by atoms with Crippen LogP contribution in [0.15, 0.2) is 48.5 Å². The van der Waals surface area contributed by atoms with E-state index in [1.807, 2.05) is 0 Å². The first-order valence-electron chi connectivity index (χ1n) is 7.88. The van der Waals surface area contributed by atoms with E-state index in [9.17, 15) is 14.4 Å². The van der Waals surface area contributed by atoms with Gasteiger partial charge in [-0.1, -0.05) is 12.1 Å². The van der Waals surface area contributed by atoms with Crippen molar-refractivity contribution in [3.8, 4) is 0 Å². The van der Waals surface area contributed by atoms with Crippen LogP contribution in [-0.2, 0) is 0 Å². The van der Waals surface area contributed by atoms with E-state index in [1.165, 1.54) is 7.05 Å². The van der Waals surface area contributed by atoms with E-state index in [1.54, 1.807) is 53.4 Å². The largest absolute Gasteiger partial charge is 0.355 e. The van der Waals surface area contributed by atoms with Crippen LogP contribution in [0, 0.1) is 0 Å². The van der Waals surface area contributed by atoms with Gasteiger partial charge in [0.15, 0.2) is 0 Å². The third-order valence-corrected chi connectivity index (χ3v) is 3.94. The molecule has 3 N–H and O–H groups in total. The van der Waals surface area contributed by atoms with Gasteiger partial charge in [-0.3, -0.25) is 14.5 Å². The molecule has 0 aromatic heterocycles. The van der Waals surface area contributed by atoms with E-state index in [2.05, 4.69) is 16.0 Å². The van der Waals surface area contributed by atoms with Crippen LogP contribution in [0.1, 0.15) is 20.7 Å². The smallest absolute Gasteiger partial charge is 0.321 e. The summed E-state index contributed by atoms with van der Waals surface area (Å²) in [5.41, 5.74) is 2.01. The van der Waals surface area contributed by atoms with Gasteiger partial charge in [-0.25, -0.2) is 4.79 Å². The lowest BCUT2D eigenvalue weighted by Gasteiger charge is -2.15. The maximum atomic E-state index is 12.4. The van der Waals surface area contributed by atoms with Gasteiger partial charge in [-0.05, 0) is 36.4 Å². The lowest BCUT2D eigenvalue weighted by atomic mass is 10.1. The minimum Gasteiger partial charge on any atom is -0.355 e. The Balaban J connectivity index is 1.76. The van der Waals surface area contributed by atoms with Gasteiger partial charge in [0.05, 0.1) is 11.3 Å². The fourth-order valence-corrected chi connectivity index (χ4v) is 2.63. The summed E-state index contributed by atoms with van der Waals surface area (Å²) in [6.45, 7) is 1.21. The summed E-state index contributed by atoms with van der Waals surface area (Å²) in [6, 6.07) is 13.4. The number of anilines is 2. The molecule has 0 bridgehead atoms. The number of hydrogen-bond donors (Lipinski definition) is 3. The van der Waals surface area contributed by atoms with E-state index < -0.39 is 0 Å². The van der Waals surface area contributed by atoms with Crippen molar-refractivity contribution in [1.29, 1.82) is 0 Å². The molecule has 1 aliphatic heterocycles. The zero-order chi connectivity index (χ0) is 17.8. The third-order valence-electron chi connectivity index (χ3n) is 3.94. The number of nitrogens with zero attached hydrogens (tertiary/aromatic N) is 1. The van der Waals surface area contributed by atoms with Gasteiger partial charge < -0.3 is 16.0 Å². The predicted octanol–water partition coefficient (Wildman–Crippen LogP) is 1.83. The fraction of sp³-hybridized carbons (Fsp3) is 0.167. The maximum Gasteiger partial charge on any atom is 0.321 e. The molecule has 128 valence electrons. The Kier molecular flexibility index (Phi) is 4.65. The Morgan fingerprint density at radius 1 is 1.04 bits per heavy atom. The first-order valence-corrected chi connectivity index (χ1v) is 7.88. The molecule has 0 aliphatic carbocycles. The number of carbonyl (C=O) groups excluding carboxylic acids is 3. The molecule has 0 radical (unpaired) electrons. The molecule has 0 unspecified atom stereocenters. The molecule has 7 heteroatoms. The van der Waals surface area contributed by atoms with Crippen LogP contribution in [0.2, 0.25) is 0 Å². The normalized spacial score (nSPS) is 13.3. The second-order valence-electron chi connectivity index (χ2n) is 5.51. The minimum absolute atomic E-state index is 0.142. The molecule has 1 saturated heterocycles. The Hall–Kier alpha value is -3.35. The first kappa shape index (κ1) is 16.5. The van der Waals surface area contributed by atoms with Gasteiger partial charge >= 0.3 is 6.03 Å². The highest BCUT2D eigenvalue weighted by Crippen LogP contribution is 2.19. The second kappa shape index (κ2) is 7.04. The summed E-state index contributed by atoms with van der Waals surface area (Å²) in [4.78, 5) is 37.6. The van der Waals surface area contributed by atoms with E-state index in [0.717, 1.165) is 5.69 Å². The molecular formula is C18H18N4O3. The number of rotatable bonds is 4. The van der Waals surface area contributed by atoms with E-state index >= 15 is 0 Å². The monoisotopic (exact) mass is 338 g/mol. The molecule has 3 rings (SSSR count). The second-order valence-corrected chi connectivity index (χ2v) is 5.51. The number of carbonyl (C=O) groups is 3. The van der Waals surface area contributed by atoms with Crippen molar-refractivity contribution in [3.63, 3.8) is 0 Å². The van der Waals surface area contributed by atoms with E-state index in [0.29, 0.717) is 29.9 Å². The summed E-state index contributed by atoms with van der Waals surface area (Å²) in [5.74, 6) is -0.597. The van der Waals surface area contributed by atoms with Crippen molar-refractivity contribution in [2.75, 3.05) is 30.4 Å². The van der Waals surface area contributed by atoms with Crippen molar-refractivity contribution >= 4 is 29.2 Å². The summed E-state index contributed by atoms with van der Waals surface area (Å²) >= 11 is 0. The van der Waals surface area contributed by atoms with Crippen LogP contribution < -0.4 is 20.9 Å². The summed E-state index contributed by atoms with van der Waals surface area (Å²) in [7, 11) is 1.54. The van der Waals surface area contributed by atoms with Crippen LogP contribution >= 0.6 is 0 Å². The molecule has 1 heterocycles. The summed E-state index contributed by atoms with van der Waals surface area (Å²) in [6.07, 6.45) is 0. The van der Waals surface area contributed by atoms with Gasteiger partial charge in [-0.2, -0.15) is 0 Å². The number of amides is 4. The topological polar surface area (TPSA) is 90.5 Å². The van der Waals surface area contributed by atoms with Crippen LogP contribution in [0.25, 0.3) is 0 Å². The Labute approximate surface area is 145 Å². The molecular weight excluding hydrogens is 320 g/mol. The molecule has 0 atom stereocenters. The minimum atomic E-state index is -0.325. The number of hydrogen-bond acceptors (Lipinski definition) is 3. The van der Waals surface area contributed by atoms with Crippen molar-refractivity contribution < 1.29 is 14.4 Å². The molecule has 1 aliphatic rings. The predicted molar refractivity (Wildman–Crippen MR) is 95.0 cm³/mol. The molecule has 0 spiro atoms. The fourth-order valence-electron chi connectivity index (χ4n) is 2.63. The Bertz CT molecular complexity index is 817. The van der Waals surface area contributed by atoms with Gasteiger partial charge in [0.25, 0.3) is 11.8 Å². The molecule has 2 aromatic carbocycles. The molecule has 2 aromatic rings. The number of benzene rings is 2. The van der Waals surface area contributed by atoms with Gasteiger partial charge in [0.2, 0.25) is 0 Å². The van der Waals surface area contributed by atoms with Gasteiger partial charge in [0, 0.05) is 31.4 Å². The first-order chi connectivity index (χ1) is 12.1. The highest BCUT2D eigenvalue weighted by atomic mass is 16.2. The van der Waals surface area contributed by atoms with Crippen LogP contribution in [0.4, 0.5) is 16.2 Å². The molecule has 7 nitrogen and oxygen atoms in total. The third kappa shape index (κ3) is 3.45. The van der Waals surface area contributed by atoms with Crippen LogP contribution in [0.5, 0.6) is 0 Å². The average molecular weight is 338 g/mol. The molecule has 0 saturated carbocycles. The number of nitrogens with one attached hydrogen (secondary N) is 3. The van der Waals surface area contributed by atoms with Crippen LogP contribution in [-0.4, -0.2) is 38.0 Å². The Morgan fingerprint density at radius 3 is 2.40 bits per heavy atom. The maximum absolute atomic E-state index is 12.4. The summed E-state index contributed by atoms with van der Waals surface area (Å²) < 4.78 is 0. The lowest BCUT2D eigenvalue weighted by molar-refractivity contribution is 0.0964. The molecule has 1 fully saturated rings. The zero-order valence-corrected chi connectivity index (χ0v) is 13.7. The van der Waals surface area contributed by atoms with E-state index in [4.69, 9.17) is 0 Å². The molecule has 4 amide bonds. The van der Waals surface area contributed by atoms with Crippen molar-refractivity contribution in [1.82, 2.24) is 10.6 Å². The van der Waals surface area contributed by atoms with Gasteiger partial charge in [0.1, 0.15) is 0 Å². The summed E-state index contributed by atoms with van der Waals surface area (Å²) in [5, 5.41) is 8.02. The quantitative estimate of drug-likeness (QED) is 0.794. The Morgan fingerprint density at radius 2 is 1.76 bits per heavy atom. The van der Waals surface area contributed by atoms with Crippen molar-refractivity contribution in [2.45, 2.75) is 0 Å². The SMILES string of the molecule is CNC(=O)c1ccccc1NC(=O)c1ccc(N2CCNC2=O)cc1. The zero-order valence-electron chi connectivity index (χ0n) is 13.7. The van der Waals surface area contributed by atoms with Crippen molar-refractivity contribution in [3.05, 3.63) is 59.7 Å². The average Bonchev–Trinajstić information content (AvgIpc) is 3.07.